The summed E-state index contributed by atoms with van der Waals surface area (Å²) in [6.45, 7) is 3.73. The Labute approximate surface area is 156 Å². The van der Waals surface area contributed by atoms with Gasteiger partial charge in [0.25, 0.3) is 0 Å². The molecule has 0 radical (unpaired) electrons. The summed E-state index contributed by atoms with van der Waals surface area (Å²) in [5.74, 6) is 0. The van der Waals surface area contributed by atoms with Crippen LogP contribution in [0, 0.1) is 0 Å². The van der Waals surface area contributed by atoms with Crippen molar-refractivity contribution in [3.05, 3.63) is 0 Å². The van der Waals surface area contributed by atoms with Crippen LogP contribution in [0.15, 0.2) is 0 Å². The van der Waals surface area contributed by atoms with E-state index in [1.165, 1.54) is 96.3 Å². The quantitative estimate of drug-likeness (QED) is 0.301. The molecule has 0 aromatic heterocycles. The third-order valence-corrected chi connectivity index (χ3v) is 5.66. The Hall–Kier alpha value is -0.120. The molecule has 0 aromatic rings. The van der Waals surface area contributed by atoms with Crippen LogP contribution in [0.25, 0.3) is 0 Å². The summed E-state index contributed by atoms with van der Waals surface area (Å²) in [4.78, 5) is 0. The Morgan fingerprint density at radius 2 is 1.08 bits per heavy atom. The first-order valence-electron chi connectivity index (χ1n) is 11.3. The smallest absolute Gasteiger partial charge is 0.184 e. The second-order valence-corrected chi connectivity index (χ2v) is 8.07. The average molecular weight is 355 g/mol. The molecular formula is C22H42O3. The molecule has 2 saturated heterocycles. The molecule has 3 atom stereocenters. The van der Waals surface area contributed by atoms with Gasteiger partial charge in [-0.3, -0.25) is 0 Å². The summed E-state index contributed by atoms with van der Waals surface area (Å²) in [6.07, 6.45) is 22.6. The lowest BCUT2D eigenvalue weighted by molar-refractivity contribution is -0.198. The van der Waals surface area contributed by atoms with Gasteiger partial charge in [-0.25, -0.2) is 0 Å². The lowest BCUT2D eigenvalue weighted by Gasteiger charge is -2.27. The highest BCUT2D eigenvalue weighted by molar-refractivity contribution is 4.77. The topological polar surface area (TPSA) is 27.7 Å². The van der Waals surface area contributed by atoms with Crippen molar-refractivity contribution >= 4 is 0 Å². The van der Waals surface area contributed by atoms with Gasteiger partial charge in [-0.1, -0.05) is 103 Å². The summed E-state index contributed by atoms with van der Waals surface area (Å²) in [5.41, 5.74) is 0. The van der Waals surface area contributed by atoms with Crippen molar-refractivity contribution in [2.45, 2.75) is 128 Å². The summed E-state index contributed by atoms with van der Waals surface area (Å²) >= 11 is 0. The minimum Gasteiger partial charge on any atom is -0.370 e. The Bertz CT molecular complexity index is 308. The van der Waals surface area contributed by atoms with Crippen molar-refractivity contribution in [1.82, 2.24) is 0 Å². The number of hydrogen-bond acceptors (Lipinski definition) is 3. The maximum Gasteiger partial charge on any atom is 0.184 e. The monoisotopic (exact) mass is 354 g/mol. The van der Waals surface area contributed by atoms with Crippen LogP contribution < -0.4 is 0 Å². The van der Waals surface area contributed by atoms with E-state index in [0.29, 0.717) is 0 Å². The van der Waals surface area contributed by atoms with E-state index in [-0.39, 0.29) is 18.5 Å². The molecule has 2 fully saturated rings. The molecule has 0 amide bonds. The van der Waals surface area contributed by atoms with Gasteiger partial charge in [0.15, 0.2) is 6.29 Å². The highest BCUT2D eigenvalue weighted by Crippen LogP contribution is 2.26. The van der Waals surface area contributed by atoms with E-state index in [9.17, 15) is 0 Å². The van der Waals surface area contributed by atoms with E-state index in [1.54, 1.807) is 0 Å². The molecule has 2 rings (SSSR count). The molecule has 0 spiro atoms. The van der Waals surface area contributed by atoms with E-state index in [2.05, 4.69) is 6.92 Å². The van der Waals surface area contributed by atoms with Crippen molar-refractivity contribution < 1.29 is 14.2 Å². The van der Waals surface area contributed by atoms with Crippen molar-refractivity contribution in [1.29, 1.82) is 0 Å². The van der Waals surface area contributed by atoms with Gasteiger partial charge in [0.05, 0.1) is 13.2 Å². The number of rotatable bonds is 16. The normalized spacial score (nSPS) is 25.6. The fraction of sp³-hybridized carbons (Fsp3) is 1.00. The van der Waals surface area contributed by atoms with E-state index in [4.69, 9.17) is 14.2 Å². The van der Waals surface area contributed by atoms with Gasteiger partial charge in [-0.15, -0.1) is 0 Å². The Kier molecular flexibility index (Phi) is 11.9. The van der Waals surface area contributed by atoms with Crippen molar-refractivity contribution in [3.8, 4) is 0 Å². The molecule has 25 heavy (non-hydrogen) atoms. The maximum absolute atomic E-state index is 5.83. The fourth-order valence-electron chi connectivity index (χ4n) is 4.00. The number of fused-ring (bicyclic) bond motifs is 2. The van der Waals surface area contributed by atoms with Crippen LogP contribution in [-0.2, 0) is 14.2 Å². The summed E-state index contributed by atoms with van der Waals surface area (Å²) in [7, 11) is 0. The Morgan fingerprint density at radius 3 is 1.64 bits per heavy atom. The molecule has 0 aromatic carbocycles. The largest absolute Gasteiger partial charge is 0.370 e. The van der Waals surface area contributed by atoms with Gasteiger partial charge in [0, 0.05) is 0 Å². The predicted octanol–water partition coefficient (Wildman–Crippen LogP) is 6.39. The molecule has 2 aliphatic rings. The molecule has 2 heterocycles. The van der Waals surface area contributed by atoms with Crippen LogP contribution in [0.5, 0.6) is 0 Å². The highest BCUT2D eigenvalue weighted by atomic mass is 16.8. The average Bonchev–Trinajstić information content (AvgIpc) is 3.02. The first-order chi connectivity index (χ1) is 12.4. The predicted molar refractivity (Wildman–Crippen MR) is 104 cm³/mol. The molecule has 2 aliphatic heterocycles. The van der Waals surface area contributed by atoms with E-state index in [1.807, 2.05) is 0 Å². The molecule has 0 aliphatic carbocycles. The minimum atomic E-state index is -0.0783. The van der Waals surface area contributed by atoms with Crippen LogP contribution in [0.1, 0.15) is 110 Å². The van der Waals surface area contributed by atoms with Gasteiger partial charge in [0.1, 0.15) is 12.2 Å². The molecule has 3 heteroatoms. The summed E-state index contributed by atoms with van der Waals surface area (Å²) in [5, 5.41) is 0. The van der Waals surface area contributed by atoms with E-state index < -0.39 is 0 Å². The lowest BCUT2D eigenvalue weighted by atomic mass is 10.0. The van der Waals surface area contributed by atoms with Gasteiger partial charge >= 0.3 is 0 Å². The van der Waals surface area contributed by atoms with Gasteiger partial charge in [-0.2, -0.15) is 0 Å². The second kappa shape index (κ2) is 14.0. The first kappa shape index (κ1) is 21.2. The van der Waals surface area contributed by atoms with Crippen molar-refractivity contribution in [2.75, 3.05) is 13.2 Å². The van der Waals surface area contributed by atoms with Gasteiger partial charge < -0.3 is 14.2 Å². The number of hydrogen-bond donors (Lipinski definition) is 0. The SMILES string of the molecule is CCCCCCCCCCCCCCCCC[C@H]1OC[C@H]2CO[C@@H]1O2. The Balaban J connectivity index is 1.26. The molecule has 0 N–H and O–H groups in total. The zero-order chi connectivity index (χ0) is 17.6. The molecule has 0 saturated carbocycles. The number of ether oxygens (including phenoxy) is 3. The lowest BCUT2D eigenvalue weighted by Crippen LogP contribution is -2.37. The van der Waals surface area contributed by atoms with E-state index in [0.717, 1.165) is 19.6 Å². The molecular weight excluding hydrogens is 312 g/mol. The molecule has 148 valence electrons. The molecule has 3 nitrogen and oxygen atoms in total. The van der Waals surface area contributed by atoms with Crippen molar-refractivity contribution in [2.24, 2.45) is 0 Å². The van der Waals surface area contributed by atoms with Crippen molar-refractivity contribution in [3.63, 3.8) is 0 Å². The van der Waals surface area contributed by atoms with Crippen LogP contribution >= 0.6 is 0 Å². The third-order valence-electron chi connectivity index (χ3n) is 5.66. The highest BCUT2D eigenvalue weighted by Gasteiger charge is 2.38. The molecule has 2 bridgehead atoms. The third kappa shape index (κ3) is 9.40. The van der Waals surface area contributed by atoms with E-state index >= 15 is 0 Å². The summed E-state index contributed by atoms with van der Waals surface area (Å²) < 4.78 is 17.2. The summed E-state index contributed by atoms with van der Waals surface area (Å²) in [6, 6.07) is 0. The standard InChI is InChI=1S/C22H42O3/c1-2-3-4-5-6-7-8-9-10-11-12-13-14-15-16-17-21-22-24-19-20(25-22)18-23-21/h20-22H,2-19H2,1H3/t20-,21+,22+/m0/s1. The van der Waals surface area contributed by atoms with Crippen LogP contribution in [0.3, 0.4) is 0 Å². The van der Waals surface area contributed by atoms with Crippen LogP contribution in [0.2, 0.25) is 0 Å². The minimum absolute atomic E-state index is 0.0783. The number of unbranched alkanes of at least 4 members (excludes halogenated alkanes) is 14. The Morgan fingerprint density at radius 1 is 0.600 bits per heavy atom. The maximum atomic E-state index is 5.83. The van der Waals surface area contributed by atoms with Crippen LogP contribution in [0.4, 0.5) is 0 Å². The van der Waals surface area contributed by atoms with Gasteiger partial charge in [0.2, 0.25) is 0 Å². The second-order valence-electron chi connectivity index (χ2n) is 8.07. The van der Waals surface area contributed by atoms with Gasteiger partial charge in [-0.05, 0) is 6.42 Å². The molecule has 0 unspecified atom stereocenters. The van der Waals surface area contributed by atoms with Crippen LogP contribution in [-0.4, -0.2) is 31.7 Å². The first-order valence-corrected chi connectivity index (χ1v) is 11.3. The zero-order valence-corrected chi connectivity index (χ0v) is 16.7. The zero-order valence-electron chi connectivity index (χ0n) is 16.7. The fourth-order valence-corrected chi connectivity index (χ4v) is 4.00.